The van der Waals surface area contributed by atoms with Crippen molar-refractivity contribution in [3.8, 4) is 0 Å². The quantitative estimate of drug-likeness (QED) is 0.873. The molecule has 90 valence electrons. The van der Waals surface area contributed by atoms with Gasteiger partial charge < -0.3 is 5.32 Å². The van der Waals surface area contributed by atoms with Gasteiger partial charge in [-0.1, -0.05) is 0 Å². The van der Waals surface area contributed by atoms with Gasteiger partial charge >= 0.3 is 0 Å². The van der Waals surface area contributed by atoms with Crippen LogP contribution < -0.4 is 5.32 Å². The number of fused-ring (bicyclic) bond motifs is 1. The lowest BCUT2D eigenvalue weighted by Crippen LogP contribution is -2.23. The van der Waals surface area contributed by atoms with Crippen molar-refractivity contribution in [1.29, 1.82) is 0 Å². The van der Waals surface area contributed by atoms with Crippen LogP contribution in [0, 0.1) is 0 Å². The van der Waals surface area contributed by atoms with Crippen molar-refractivity contribution in [2.24, 2.45) is 0 Å². The van der Waals surface area contributed by atoms with Gasteiger partial charge in [0.2, 0.25) is 0 Å². The zero-order valence-electron chi connectivity index (χ0n) is 9.78. The molecule has 0 fully saturated rings. The zero-order chi connectivity index (χ0) is 11.5. The second-order valence-corrected chi connectivity index (χ2v) is 6.90. The van der Waals surface area contributed by atoms with E-state index in [1.807, 2.05) is 11.3 Å². The van der Waals surface area contributed by atoms with Crippen molar-refractivity contribution in [3.05, 3.63) is 15.6 Å². The highest BCUT2D eigenvalue weighted by Gasteiger charge is 2.19. The van der Waals surface area contributed by atoms with Crippen LogP contribution in [0.4, 0.5) is 0 Å². The molecule has 1 aliphatic carbocycles. The van der Waals surface area contributed by atoms with Crippen molar-refractivity contribution >= 4 is 22.1 Å². The monoisotopic (exact) mass is 258 g/mol. The smallest absolute Gasteiger partial charge is 0.110 e. The highest BCUT2D eigenvalue weighted by Crippen LogP contribution is 2.30. The van der Waals surface area contributed by atoms with Crippen molar-refractivity contribution in [1.82, 2.24) is 10.3 Å². The molecule has 1 heterocycles. The number of hydrogen-bond acceptors (Lipinski definition) is 4. The van der Waals surface area contributed by atoms with Gasteiger partial charge in [0.15, 0.2) is 0 Å². The Morgan fingerprint density at radius 2 is 2.38 bits per heavy atom. The summed E-state index contributed by atoms with van der Waals surface area (Å²) in [4.78, 5) is 6.14. The number of thiazole rings is 1. The van der Waals surface area contributed by atoms with Gasteiger partial charge in [-0.2, -0.15) is 0 Å². The zero-order valence-corrected chi connectivity index (χ0v) is 11.4. The van der Waals surface area contributed by atoms with E-state index in [-0.39, 0.29) is 0 Å². The van der Waals surface area contributed by atoms with Gasteiger partial charge in [-0.3, -0.25) is 4.21 Å². The molecular formula is C11H18N2OS2. The van der Waals surface area contributed by atoms with Gasteiger partial charge in [0, 0.05) is 34.2 Å². The molecular weight excluding hydrogens is 240 g/mol. The van der Waals surface area contributed by atoms with E-state index in [0.29, 0.717) is 6.04 Å². The Balaban J connectivity index is 1.88. The van der Waals surface area contributed by atoms with Crippen LogP contribution in [0.3, 0.4) is 0 Å². The highest BCUT2D eigenvalue weighted by atomic mass is 32.2. The summed E-state index contributed by atoms with van der Waals surface area (Å²) in [7, 11) is -0.708. The Bertz CT molecular complexity index is 368. The summed E-state index contributed by atoms with van der Waals surface area (Å²) in [5.74, 6) is 0.718. The molecule has 5 heteroatoms. The minimum absolute atomic E-state index is 0.291. The number of nitrogens with zero attached hydrogens (tertiary/aromatic N) is 1. The maximum atomic E-state index is 10.9. The predicted molar refractivity (Wildman–Crippen MR) is 69.5 cm³/mol. The Morgan fingerprint density at radius 3 is 3.06 bits per heavy atom. The van der Waals surface area contributed by atoms with Gasteiger partial charge in [0.05, 0.1) is 11.7 Å². The van der Waals surface area contributed by atoms with Gasteiger partial charge in [0.1, 0.15) is 5.01 Å². The molecule has 0 spiro atoms. The van der Waals surface area contributed by atoms with E-state index >= 15 is 0 Å². The van der Waals surface area contributed by atoms with E-state index in [0.717, 1.165) is 18.7 Å². The molecule has 3 nitrogen and oxygen atoms in total. The predicted octanol–water partition coefficient (Wildman–Crippen LogP) is 1.66. The van der Waals surface area contributed by atoms with Crippen molar-refractivity contribution in [3.63, 3.8) is 0 Å². The summed E-state index contributed by atoms with van der Waals surface area (Å²) >= 11 is 1.84. The topological polar surface area (TPSA) is 42.0 Å². The number of aromatic nitrogens is 1. The summed E-state index contributed by atoms with van der Waals surface area (Å²) in [5.41, 5.74) is 1.31. The molecule has 0 amide bonds. The maximum absolute atomic E-state index is 10.9. The Kier molecular flexibility index (Phi) is 4.10. The molecule has 1 aromatic rings. The van der Waals surface area contributed by atoms with Crippen molar-refractivity contribution < 1.29 is 4.21 Å². The van der Waals surface area contributed by atoms with Gasteiger partial charge in [0.25, 0.3) is 0 Å². The lowest BCUT2D eigenvalue weighted by Gasteiger charge is -2.10. The lowest BCUT2D eigenvalue weighted by molar-refractivity contribution is 0.592. The molecule has 1 N–H and O–H groups in total. The minimum Gasteiger partial charge on any atom is -0.307 e. The van der Waals surface area contributed by atoms with Crippen LogP contribution in [0.15, 0.2) is 0 Å². The van der Waals surface area contributed by atoms with Crippen molar-refractivity contribution in [2.75, 3.05) is 18.6 Å². The SMILES string of the molecule is CC(NCCS(C)=O)c1nc2c(s1)CCC2. The first-order valence-electron chi connectivity index (χ1n) is 5.68. The first kappa shape index (κ1) is 12.2. The molecule has 2 rings (SSSR count). The van der Waals surface area contributed by atoms with Crippen LogP contribution in [0.25, 0.3) is 0 Å². The molecule has 0 aliphatic heterocycles. The maximum Gasteiger partial charge on any atom is 0.110 e. The van der Waals surface area contributed by atoms with Crippen LogP contribution in [0.2, 0.25) is 0 Å². The van der Waals surface area contributed by atoms with Gasteiger partial charge in [-0.15, -0.1) is 11.3 Å². The molecule has 1 aromatic heterocycles. The lowest BCUT2D eigenvalue weighted by atomic mass is 10.3. The summed E-state index contributed by atoms with van der Waals surface area (Å²) in [5, 5.41) is 4.56. The fourth-order valence-corrected chi connectivity index (χ4v) is 3.49. The van der Waals surface area contributed by atoms with E-state index < -0.39 is 10.8 Å². The largest absolute Gasteiger partial charge is 0.307 e. The van der Waals surface area contributed by atoms with Crippen LogP contribution in [0.1, 0.15) is 35.0 Å². The summed E-state index contributed by atoms with van der Waals surface area (Å²) in [6.45, 7) is 2.93. The number of rotatable bonds is 5. The summed E-state index contributed by atoms with van der Waals surface area (Å²) in [6, 6.07) is 0.291. The Morgan fingerprint density at radius 1 is 1.56 bits per heavy atom. The number of nitrogens with one attached hydrogen (secondary N) is 1. The molecule has 2 unspecified atom stereocenters. The molecule has 0 saturated heterocycles. The summed E-state index contributed by atoms with van der Waals surface area (Å²) < 4.78 is 10.9. The standard InChI is InChI=1S/C11H18N2OS2/c1-8(12-6-7-16(2)14)11-13-9-4-3-5-10(9)15-11/h8,12H,3-7H2,1-2H3. The molecule has 16 heavy (non-hydrogen) atoms. The van der Waals surface area contributed by atoms with Crippen LogP contribution in [0.5, 0.6) is 0 Å². The fourth-order valence-electron chi connectivity index (χ4n) is 1.90. The second kappa shape index (κ2) is 5.38. The third-order valence-electron chi connectivity index (χ3n) is 2.82. The highest BCUT2D eigenvalue weighted by molar-refractivity contribution is 7.84. The molecule has 0 radical (unpaired) electrons. The fraction of sp³-hybridized carbons (Fsp3) is 0.727. The van der Waals surface area contributed by atoms with Crippen LogP contribution >= 0.6 is 11.3 Å². The Hall–Kier alpha value is -0.260. The van der Waals surface area contributed by atoms with Crippen molar-refractivity contribution in [2.45, 2.75) is 32.2 Å². The molecule has 0 bridgehead atoms. The van der Waals surface area contributed by atoms with E-state index in [1.54, 1.807) is 6.26 Å². The first-order valence-corrected chi connectivity index (χ1v) is 8.23. The minimum atomic E-state index is -0.708. The molecule has 0 saturated carbocycles. The van der Waals surface area contributed by atoms with Crippen LogP contribution in [-0.4, -0.2) is 27.7 Å². The third kappa shape index (κ3) is 2.90. The summed E-state index contributed by atoms with van der Waals surface area (Å²) in [6.07, 6.45) is 5.37. The molecule has 1 aliphatic rings. The van der Waals surface area contributed by atoms with Gasteiger partial charge in [-0.25, -0.2) is 4.98 Å². The molecule has 2 atom stereocenters. The Labute approximate surface area is 103 Å². The van der Waals surface area contributed by atoms with E-state index in [2.05, 4.69) is 17.2 Å². The molecule has 0 aromatic carbocycles. The van der Waals surface area contributed by atoms with E-state index in [9.17, 15) is 4.21 Å². The number of hydrogen-bond donors (Lipinski definition) is 1. The normalized spacial score (nSPS) is 18.4. The van der Waals surface area contributed by atoms with Gasteiger partial charge in [-0.05, 0) is 26.2 Å². The number of aryl methyl sites for hydroxylation is 2. The average Bonchev–Trinajstić information content (AvgIpc) is 2.75. The van der Waals surface area contributed by atoms with E-state index in [4.69, 9.17) is 0 Å². The van der Waals surface area contributed by atoms with Crippen LogP contribution in [-0.2, 0) is 23.6 Å². The third-order valence-corrected chi connectivity index (χ3v) is 4.94. The average molecular weight is 258 g/mol. The second-order valence-electron chi connectivity index (χ2n) is 4.23. The van der Waals surface area contributed by atoms with E-state index in [1.165, 1.54) is 28.4 Å². The first-order chi connectivity index (χ1) is 7.66.